The fraction of sp³-hybridized carbons (Fsp3) is 0.304. The van der Waals surface area contributed by atoms with Crippen LogP contribution in [0.5, 0.6) is 0 Å². The molecule has 1 amide bonds. The van der Waals surface area contributed by atoms with E-state index in [0.717, 1.165) is 18.4 Å². The summed E-state index contributed by atoms with van der Waals surface area (Å²) in [5, 5.41) is 3.20. The van der Waals surface area contributed by atoms with Crippen LogP contribution < -0.4 is 16.3 Å². The Labute approximate surface area is 172 Å². The van der Waals surface area contributed by atoms with Crippen LogP contribution in [0.4, 0.5) is 8.78 Å². The molecule has 0 spiro atoms. The van der Waals surface area contributed by atoms with E-state index in [1.807, 2.05) is 6.92 Å². The Kier molecular flexibility index (Phi) is 5.28. The number of hydrogen-bond acceptors (Lipinski definition) is 3. The molecule has 1 heterocycles. The lowest BCUT2D eigenvalue weighted by atomic mass is 9.99. The lowest BCUT2D eigenvalue weighted by Gasteiger charge is -2.22. The number of benzene rings is 2. The number of carbonyl (C=O) groups excluding carboxylic acids is 1. The van der Waals surface area contributed by atoms with Gasteiger partial charge in [0.25, 0.3) is 11.5 Å². The molecule has 156 valence electrons. The first-order chi connectivity index (χ1) is 14.4. The van der Waals surface area contributed by atoms with Crippen molar-refractivity contribution in [1.82, 2.24) is 9.99 Å². The Morgan fingerprint density at radius 3 is 2.50 bits per heavy atom. The van der Waals surface area contributed by atoms with E-state index in [9.17, 15) is 18.4 Å². The molecule has 0 unspecified atom stereocenters. The first kappa shape index (κ1) is 20.1. The maximum atomic E-state index is 14.5. The number of hydrogen-bond donors (Lipinski definition) is 2. The number of aromatic nitrogens is 1. The molecular weight excluding hydrogens is 388 g/mol. The molecule has 1 aliphatic rings. The molecular formula is C23H23F2N3O2. The summed E-state index contributed by atoms with van der Waals surface area (Å²) < 4.78 is 29.1. The number of nitrogens with one attached hydrogen (secondary N) is 2. The minimum Gasteiger partial charge on any atom is -0.345 e. The van der Waals surface area contributed by atoms with Crippen LogP contribution >= 0.6 is 0 Å². The van der Waals surface area contributed by atoms with E-state index in [1.54, 1.807) is 25.1 Å². The van der Waals surface area contributed by atoms with Gasteiger partial charge >= 0.3 is 0 Å². The van der Waals surface area contributed by atoms with Crippen molar-refractivity contribution in [2.24, 2.45) is 5.92 Å². The average molecular weight is 411 g/mol. The van der Waals surface area contributed by atoms with Crippen molar-refractivity contribution in [3.8, 4) is 0 Å². The molecule has 1 aromatic heterocycles. The smallest absolute Gasteiger partial charge is 0.279 e. The third-order valence-corrected chi connectivity index (χ3v) is 5.55. The van der Waals surface area contributed by atoms with Gasteiger partial charge in [0, 0.05) is 11.9 Å². The number of nitrogens with zero attached hydrogens (tertiary/aromatic N) is 1. The Morgan fingerprint density at radius 2 is 1.87 bits per heavy atom. The summed E-state index contributed by atoms with van der Waals surface area (Å²) in [5.74, 6) is -1.14. The second-order valence-electron chi connectivity index (χ2n) is 7.62. The predicted molar refractivity (Wildman–Crippen MR) is 112 cm³/mol. The van der Waals surface area contributed by atoms with Gasteiger partial charge in [-0.1, -0.05) is 24.3 Å². The molecule has 3 aromatic rings. The molecule has 30 heavy (non-hydrogen) atoms. The molecule has 0 radical (unpaired) electrons. The Balaban J connectivity index is 1.81. The minimum absolute atomic E-state index is 0.126. The largest absolute Gasteiger partial charge is 0.345 e. The van der Waals surface area contributed by atoms with Crippen LogP contribution in [0.1, 0.15) is 47.4 Å². The highest BCUT2D eigenvalue weighted by Crippen LogP contribution is 2.41. The van der Waals surface area contributed by atoms with Gasteiger partial charge in [0.15, 0.2) is 0 Å². The van der Waals surface area contributed by atoms with Crippen molar-refractivity contribution in [1.29, 1.82) is 0 Å². The molecule has 2 aromatic carbocycles. The summed E-state index contributed by atoms with van der Waals surface area (Å²) >= 11 is 0. The maximum absolute atomic E-state index is 14.5. The van der Waals surface area contributed by atoms with Crippen molar-refractivity contribution in [2.75, 3.05) is 12.0 Å². The lowest BCUT2D eigenvalue weighted by molar-refractivity contribution is 0.0932. The number of pyridine rings is 1. The zero-order valence-corrected chi connectivity index (χ0v) is 16.8. The number of fused-ring (bicyclic) bond motifs is 1. The second-order valence-corrected chi connectivity index (χ2v) is 7.62. The molecule has 4 rings (SSSR count). The number of halogens is 2. The van der Waals surface area contributed by atoms with Crippen molar-refractivity contribution < 1.29 is 13.6 Å². The quantitative estimate of drug-likeness (QED) is 0.644. The Bertz CT molecular complexity index is 1170. The summed E-state index contributed by atoms with van der Waals surface area (Å²) in [6.07, 6.45) is 1.93. The first-order valence-electron chi connectivity index (χ1n) is 10.1. The van der Waals surface area contributed by atoms with Crippen LogP contribution in [0, 0.1) is 24.5 Å². The van der Waals surface area contributed by atoms with Gasteiger partial charge in [-0.2, -0.15) is 0 Å². The van der Waals surface area contributed by atoms with Gasteiger partial charge in [-0.25, -0.2) is 13.5 Å². The molecule has 1 aliphatic carbocycles. The van der Waals surface area contributed by atoms with E-state index in [2.05, 4.69) is 10.7 Å². The number of amides is 1. The van der Waals surface area contributed by atoms with Crippen molar-refractivity contribution in [2.45, 2.75) is 32.7 Å². The molecule has 0 bridgehead atoms. The zero-order valence-electron chi connectivity index (χ0n) is 16.8. The highest BCUT2D eigenvalue weighted by atomic mass is 19.1. The molecule has 1 atom stereocenters. The van der Waals surface area contributed by atoms with Gasteiger partial charge in [0.1, 0.15) is 11.6 Å². The van der Waals surface area contributed by atoms with Crippen LogP contribution in [0.25, 0.3) is 10.8 Å². The van der Waals surface area contributed by atoms with Gasteiger partial charge < -0.3 is 10.7 Å². The molecule has 1 fully saturated rings. The van der Waals surface area contributed by atoms with Gasteiger partial charge in [0.05, 0.1) is 22.7 Å². The monoisotopic (exact) mass is 411 g/mol. The molecule has 0 aliphatic heterocycles. The van der Waals surface area contributed by atoms with Gasteiger partial charge in [0.2, 0.25) is 0 Å². The molecule has 5 nitrogen and oxygen atoms in total. The Morgan fingerprint density at radius 1 is 1.17 bits per heavy atom. The minimum atomic E-state index is -0.671. The molecule has 2 N–H and O–H groups in total. The lowest BCUT2D eigenvalue weighted by Crippen LogP contribution is -2.36. The van der Waals surface area contributed by atoms with E-state index in [0.29, 0.717) is 12.2 Å². The predicted octanol–water partition coefficient (Wildman–Crippen LogP) is 4.03. The topological polar surface area (TPSA) is 63.1 Å². The van der Waals surface area contributed by atoms with Crippen molar-refractivity contribution >= 4 is 16.7 Å². The van der Waals surface area contributed by atoms with E-state index in [4.69, 9.17) is 0 Å². The van der Waals surface area contributed by atoms with Crippen LogP contribution in [0.2, 0.25) is 0 Å². The van der Waals surface area contributed by atoms with Gasteiger partial charge in [-0.3, -0.25) is 9.59 Å². The van der Waals surface area contributed by atoms with E-state index in [-0.39, 0.29) is 34.1 Å². The van der Waals surface area contributed by atoms with E-state index in [1.165, 1.54) is 28.9 Å². The summed E-state index contributed by atoms with van der Waals surface area (Å²) in [6, 6.07) is 10.1. The first-order valence-corrected chi connectivity index (χ1v) is 10.1. The summed E-state index contributed by atoms with van der Waals surface area (Å²) in [4.78, 5) is 26.2. The maximum Gasteiger partial charge on any atom is 0.279 e. The SMILES string of the molecule is CCNn1c(C)c(C(=O)N[C@H](c2ccc(F)cc2)C2CC2)c2cccc(F)c2c1=O. The fourth-order valence-electron chi connectivity index (χ4n) is 3.94. The van der Waals surface area contributed by atoms with Crippen LogP contribution in [-0.2, 0) is 0 Å². The highest BCUT2D eigenvalue weighted by molar-refractivity contribution is 6.08. The summed E-state index contributed by atoms with van der Waals surface area (Å²) in [5.41, 5.74) is 3.85. The van der Waals surface area contributed by atoms with Crippen molar-refractivity contribution in [3.05, 3.63) is 81.3 Å². The molecule has 7 heteroatoms. The van der Waals surface area contributed by atoms with Crippen LogP contribution in [-0.4, -0.2) is 17.1 Å². The van der Waals surface area contributed by atoms with E-state index < -0.39 is 17.3 Å². The van der Waals surface area contributed by atoms with Gasteiger partial charge in [-0.15, -0.1) is 0 Å². The number of carbonyl (C=O) groups is 1. The fourth-order valence-corrected chi connectivity index (χ4v) is 3.94. The second kappa shape index (κ2) is 7.89. The molecule has 0 saturated heterocycles. The summed E-state index contributed by atoms with van der Waals surface area (Å²) in [7, 11) is 0. The number of rotatable bonds is 6. The van der Waals surface area contributed by atoms with E-state index >= 15 is 0 Å². The third-order valence-electron chi connectivity index (χ3n) is 5.55. The normalized spacial score (nSPS) is 14.5. The van der Waals surface area contributed by atoms with Crippen molar-refractivity contribution in [3.63, 3.8) is 0 Å². The Hall–Kier alpha value is -3.22. The summed E-state index contributed by atoms with van der Waals surface area (Å²) in [6.45, 7) is 3.91. The standard InChI is InChI=1S/C23H23F2N3O2/c1-3-26-28-13(2)19(17-5-4-6-18(25)20(17)23(28)30)22(29)27-21(14-7-8-14)15-9-11-16(24)12-10-15/h4-6,9-12,14,21,26H,3,7-8H2,1-2H3,(H,27,29)/t21-/m0/s1. The highest BCUT2D eigenvalue weighted by Gasteiger charge is 2.34. The van der Waals surface area contributed by atoms with Crippen LogP contribution in [0.15, 0.2) is 47.3 Å². The van der Waals surface area contributed by atoms with Crippen LogP contribution in [0.3, 0.4) is 0 Å². The zero-order chi connectivity index (χ0) is 21.4. The molecule has 1 saturated carbocycles. The third kappa shape index (κ3) is 3.56. The average Bonchev–Trinajstić information content (AvgIpc) is 3.55. The van der Waals surface area contributed by atoms with Gasteiger partial charge in [-0.05, 0) is 56.4 Å².